The lowest BCUT2D eigenvalue weighted by Crippen LogP contribution is -2.31. The van der Waals surface area contributed by atoms with E-state index in [1.54, 1.807) is 23.5 Å². The molecular formula is C38H19NO2S. The van der Waals surface area contributed by atoms with E-state index in [0.29, 0.717) is 22.6 Å². The lowest BCUT2D eigenvalue weighted by atomic mass is 9.59. The van der Waals surface area contributed by atoms with Crippen molar-refractivity contribution in [2.24, 2.45) is 5.92 Å². The van der Waals surface area contributed by atoms with Crippen molar-refractivity contribution < 1.29 is 9.59 Å². The fourth-order valence-electron chi connectivity index (χ4n) is 8.37. The number of pyridine rings is 1. The van der Waals surface area contributed by atoms with E-state index in [1.165, 1.54) is 48.2 Å². The molecule has 12 rings (SSSR count). The van der Waals surface area contributed by atoms with Crippen LogP contribution in [0.3, 0.4) is 0 Å². The second-order valence-electron chi connectivity index (χ2n) is 12.1. The predicted molar refractivity (Wildman–Crippen MR) is 169 cm³/mol. The molecule has 4 aliphatic rings. The highest BCUT2D eigenvalue weighted by Gasteiger charge is 2.47. The Bertz CT molecular complexity index is 2590. The zero-order chi connectivity index (χ0) is 27.4. The van der Waals surface area contributed by atoms with E-state index in [9.17, 15) is 9.59 Å². The number of carbonyl (C=O) groups excluding carboxylic acids is 2. The van der Waals surface area contributed by atoms with E-state index in [-0.39, 0.29) is 17.5 Å². The zero-order valence-electron chi connectivity index (χ0n) is 22.2. The number of hydrogen-bond donors (Lipinski definition) is 0. The van der Waals surface area contributed by atoms with Crippen molar-refractivity contribution in [2.45, 2.75) is 18.8 Å². The van der Waals surface area contributed by atoms with Crippen molar-refractivity contribution in [3.8, 4) is 0 Å². The maximum Gasteiger partial charge on any atom is 0.198 e. The SMILES string of the molecule is O=C1C(=C2c3c(c#cc4c3sc3c4c4cccc5ccc6c7ccccc7n3c6c54)C3CC2C3)C(=O)c2ccccc21. The number of hydrogen-bond acceptors (Lipinski definition) is 3. The molecule has 0 atom stereocenters. The molecule has 194 valence electrons. The molecule has 0 amide bonds. The molecule has 5 aromatic carbocycles. The summed E-state index contributed by atoms with van der Waals surface area (Å²) in [4.78, 5) is 28.8. The molecular weight excluding hydrogens is 534 g/mol. The van der Waals surface area contributed by atoms with E-state index < -0.39 is 0 Å². The molecule has 0 saturated heterocycles. The molecule has 0 aliphatic heterocycles. The highest BCUT2D eigenvalue weighted by Crippen LogP contribution is 2.59. The number of benzene rings is 4. The Kier molecular flexibility index (Phi) is 3.66. The Hall–Kier alpha value is -4.98. The molecule has 0 radical (unpaired) electrons. The lowest BCUT2D eigenvalue weighted by molar-refractivity contribution is 0.0987. The molecule has 3 aromatic heterocycles. The van der Waals surface area contributed by atoms with Crippen molar-refractivity contribution in [1.29, 1.82) is 0 Å². The van der Waals surface area contributed by atoms with Crippen molar-refractivity contribution in [1.82, 2.24) is 4.40 Å². The first kappa shape index (κ1) is 21.7. The lowest BCUT2D eigenvalue weighted by Gasteiger charge is -2.44. The van der Waals surface area contributed by atoms with Gasteiger partial charge in [0.15, 0.2) is 11.6 Å². The average Bonchev–Trinajstić information content (AvgIpc) is 3.64. The molecule has 3 heterocycles. The fourth-order valence-corrected chi connectivity index (χ4v) is 9.74. The summed E-state index contributed by atoms with van der Waals surface area (Å²) in [6.07, 6.45) is 1.94. The molecule has 4 heteroatoms. The van der Waals surface area contributed by atoms with E-state index in [0.717, 1.165) is 39.6 Å². The van der Waals surface area contributed by atoms with Gasteiger partial charge in [0.1, 0.15) is 4.83 Å². The topological polar surface area (TPSA) is 38.5 Å². The smallest absolute Gasteiger partial charge is 0.198 e. The quantitative estimate of drug-likeness (QED) is 0.139. The van der Waals surface area contributed by atoms with E-state index >= 15 is 0 Å². The third-order valence-corrected chi connectivity index (χ3v) is 11.4. The molecule has 42 heavy (non-hydrogen) atoms. The minimum absolute atomic E-state index is 0.125. The van der Waals surface area contributed by atoms with Crippen LogP contribution in [0.5, 0.6) is 0 Å². The third kappa shape index (κ3) is 2.29. The number of Topliss-reactive ketones (excluding diaryl/α,β-unsaturated/α-hetero) is 2. The Morgan fingerprint density at radius 3 is 2.31 bits per heavy atom. The van der Waals surface area contributed by atoms with Gasteiger partial charge in [-0.15, -0.1) is 11.3 Å². The Labute approximate surface area is 243 Å². The molecule has 8 aromatic rings. The predicted octanol–water partition coefficient (Wildman–Crippen LogP) is 9.14. The first-order valence-electron chi connectivity index (χ1n) is 14.5. The summed E-state index contributed by atoms with van der Waals surface area (Å²) in [5.74, 6) is 0.374. The van der Waals surface area contributed by atoms with Crippen LogP contribution in [0.2, 0.25) is 0 Å². The van der Waals surface area contributed by atoms with Crippen LogP contribution in [0, 0.1) is 18.1 Å². The van der Waals surface area contributed by atoms with E-state index in [1.807, 2.05) is 12.1 Å². The molecule has 4 aliphatic carbocycles. The van der Waals surface area contributed by atoms with Crippen LogP contribution in [0.4, 0.5) is 0 Å². The van der Waals surface area contributed by atoms with Gasteiger partial charge in [-0.25, -0.2) is 0 Å². The van der Waals surface area contributed by atoms with E-state index in [2.05, 4.69) is 71.1 Å². The minimum atomic E-state index is -0.125. The van der Waals surface area contributed by atoms with Crippen LogP contribution in [-0.4, -0.2) is 16.0 Å². The van der Waals surface area contributed by atoms with Crippen LogP contribution < -0.4 is 0 Å². The normalized spacial score (nSPS) is 19.5. The van der Waals surface area contributed by atoms with Crippen LogP contribution in [0.15, 0.2) is 84.4 Å². The zero-order valence-corrected chi connectivity index (χ0v) is 23.1. The Morgan fingerprint density at radius 1 is 0.714 bits per heavy atom. The molecule has 0 unspecified atom stereocenters. The summed E-state index contributed by atoms with van der Waals surface area (Å²) >= 11 is 1.78. The maximum atomic E-state index is 13.8. The number of ketones is 2. The number of allylic oxidation sites excluding steroid dienone is 2. The minimum Gasteiger partial charge on any atom is -0.299 e. The van der Waals surface area contributed by atoms with E-state index in [4.69, 9.17) is 0 Å². The largest absolute Gasteiger partial charge is 0.299 e. The first-order chi connectivity index (χ1) is 20.7. The number of aromatic nitrogens is 1. The second kappa shape index (κ2) is 7.07. The van der Waals surface area contributed by atoms with Gasteiger partial charge in [-0.3, -0.25) is 14.0 Å². The van der Waals surface area contributed by atoms with Gasteiger partial charge in [-0.05, 0) is 47.1 Å². The van der Waals surface area contributed by atoms with Gasteiger partial charge in [0.05, 0.1) is 26.7 Å². The molecule has 3 nitrogen and oxygen atoms in total. The number of nitrogens with zero attached hydrogens (tertiary/aromatic N) is 1. The van der Waals surface area contributed by atoms with Crippen LogP contribution >= 0.6 is 11.3 Å². The second-order valence-corrected chi connectivity index (χ2v) is 13.1. The van der Waals surface area contributed by atoms with Gasteiger partial charge >= 0.3 is 0 Å². The molecule has 1 saturated carbocycles. The molecule has 0 N–H and O–H groups in total. The van der Waals surface area contributed by atoms with Crippen molar-refractivity contribution >= 4 is 86.7 Å². The standard InChI is InChI=1S/C38H19NO2S/c40-35-24-8-1-2-9-25(24)36(41)33(35)30-20-16-19(17-20)21-14-15-27-31-26-10-5-6-18-12-13-23-22-7-3-4-11-28(22)39(34(23)29(18)26)38(31)42-37(27)32(21)30/h1-13,19-20H,16-17H2. The van der Waals surface area contributed by atoms with Crippen LogP contribution in [0.1, 0.15) is 50.6 Å². The van der Waals surface area contributed by atoms with Gasteiger partial charge in [-0.1, -0.05) is 84.9 Å². The molecule has 1 fully saturated rings. The Morgan fingerprint density at radius 2 is 1.48 bits per heavy atom. The van der Waals surface area contributed by atoms with Crippen LogP contribution in [0.25, 0.3) is 63.8 Å². The van der Waals surface area contributed by atoms with Crippen LogP contribution in [-0.2, 0) is 0 Å². The molecule has 0 spiro atoms. The van der Waals surface area contributed by atoms with Gasteiger partial charge in [0, 0.05) is 43.8 Å². The van der Waals surface area contributed by atoms with Crippen molar-refractivity contribution in [3.63, 3.8) is 0 Å². The first-order valence-corrected chi connectivity index (χ1v) is 15.3. The number of thiophene rings is 1. The summed E-state index contributed by atoms with van der Waals surface area (Å²) in [5.41, 5.74) is 7.04. The fraction of sp³-hybridized carbons (Fsp3) is 0.105. The van der Waals surface area contributed by atoms with Gasteiger partial charge < -0.3 is 0 Å². The summed E-state index contributed by atoms with van der Waals surface area (Å²) in [7, 11) is 0. The third-order valence-electron chi connectivity index (χ3n) is 10.2. The van der Waals surface area contributed by atoms with Gasteiger partial charge in [0.25, 0.3) is 0 Å². The highest BCUT2D eigenvalue weighted by atomic mass is 32.1. The molecule has 2 bridgehead atoms. The number of rotatable bonds is 0. The van der Waals surface area contributed by atoms with Crippen molar-refractivity contribution in [2.75, 3.05) is 0 Å². The monoisotopic (exact) mass is 553 g/mol. The average molecular weight is 554 g/mol. The number of carbonyl (C=O) groups is 2. The van der Waals surface area contributed by atoms with Gasteiger partial charge in [0.2, 0.25) is 0 Å². The Balaban J connectivity index is 1.36. The summed E-state index contributed by atoms with van der Waals surface area (Å²) in [6, 6.07) is 34.2. The summed E-state index contributed by atoms with van der Waals surface area (Å²) in [6.45, 7) is 0. The van der Waals surface area contributed by atoms with Crippen molar-refractivity contribution in [3.05, 3.63) is 119 Å². The summed E-state index contributed by atoms with van der Waals surface area (Å²) in [5, 5.41) is 8.43. The highest BCUT2D eigenvalue weighted by molar-refractivity contribution is 7.26. The summed E-state index contributed by atoms with van der Waals surface area (Å²) < 4.78 is 3.57. The maximum absolute atomic E-state index is 13.8. The van der Waals surface area contributed by atoms with Gasteiger partial charge in [-0.2, -0.15) is 0 Å². The number of fused-ring (bicyclic) bond motifs is 9. The number of para-hydroxylation sites is 1.